The monoisotopic (exact) mass is 166 g/mol. The lowest BCUT2D eigenvalue weighted by atomic mass is 10.2. The first-order chi connectivity index (χ1) is 5.65. The molecule has 0 heterocycles. The van der Waals surface area contributed by atoms with Crippen molar-refractivity contribution in [2.45, 2.75) is 6.92 Å². The molecule has 0 aromatic heterocycles. The molecule has 0 bridgehead atoms. The molecule has 62 valence electrons. The topological polar surface area (TPSA) is 72.6 Å². The number of nitro groups is 1. The molecule has 0 aliphatic rings. The van der Waals surface area contributed by atoms with E-state index in [1.807, 2.05) is 0 Å². The quantitative estimate of drug-likeness (QED) is 0.384. The molecule has 0 saturated carbocycles. The van der Waals surface area contributed by atoms with Crippen molar-refractivity contribution in [3.05, 3.63) is 38.8 Å². The SMILES string of the molecule is Cc1ccc([N+](=O)[O-])c(N=O)c1. The van der Waals surface area contributed by atoms with Crippen LogP contribution in [0.4, 0.5) is 11.4 Å². The number of benzene rings is 1. The lowest BCUT2D eigenvalue weighted by Gasteiger charge is -1.94. The zero-order chi connectivity index (χ0) is 9.14. The average molecular weight is 166 g/mol. The summed E-state index contributed by atoms with van der Waals surface area (Å²) in [4.78, 5) is 19.8. The third-order valence-electron chi connectivity index (χ3n) is 1.43. The van der Waals surface area contributed by atoms with Gasteiger partial charge in [-0.1, -0.05) is 6.07 Å². The fourth-order valence-corrected chi connectivity index (χ4v) is 0.861. The van der Waals surface area contributed by atoms with Crippen LogP contribution in [0.5, 0.6) is 0 Å². The van der Waals surface area contributed by atoms with E-state index in [9.17, 15) is 15.0 Å². The molecule has 5 nitrogen and oxygen atoms in total. The second-order valence-electron chi connectivity index (χ2n) is 2.34. The van der Waals surface area contributed by atoms with Crippen molar-refractivity contribution in [3.8, 4) is 0 Å². The first-order valence-electron chi connectivity index (χ1n) is 3.23. The standard InChI is InChI=1S/C7H6N2O3/c1-5-2-3-7(9(11)12)6(4-5)8-10/h2-4H,1H3. The molecule has 5 heteroatoms. The summed E-state index contributed by atoms with van der Waals surface area (Å²) in [6.45, 7) is 1.73. The van der Waals surface area contributed by atoms with E-state index in [0.29, 0.717) is 0 Å². The molecule has 0 atom stereocenters. The predicted octanol–water partition coefficient (Wildman–Crippen LogP) is 2.30. The Morgan fingerprint density at radius 3 is 2.67 bits per heavy atom. The zero-order valence-electron chi connectivity index (χ0n) is 6.35. The van der Waals surface area contributed by atoms with Crippen LogP contribution in [0, 0.1) is 21.9 Å². The number of nitro benzene ring substituents is 1. The molecule has 0 amide bonds. The van der Waals surface area contributed by atoms with Crippen molar-refractivity contribution >= 4 is 11.4 Å². The Morgan fingerprint density at radius 2 is 2.17 bits per heavy atom. The number of hydrogen-bond donors (Lipinski definition) is 0. The van der Waals surface area contributed by atoms with Crippen LogP contribution in [0.25, 0.3) is 0 Å². The van der Waals surface area contributed by atoms with Crippen molar-refractivity contribution in [3.63, 3.8) is 0 Å². The second-order valence-corrected chi connectivity index (χ2v) is 2.34. The Bertz CT molecular complexity index is 335. The molecule has 1 rings (SSSR count). The van der Waals surface area contributed by atoms with Gasteiger partial charge in [-0.3, -0.25) is 10.1 Å². The lowest BCUT2D eigenvalue weighted by Crippen LogP contribution is -1.88. The van der Waals surface area contributed by atoms with Gasteiger partial charge in [0.15, 0.2) is 5.69 Å². The van der Waals surface area contributed by atoms with Gasteiger partial charge in [-0.25, -0.2) is 0 Å². The van der Waals surface area contributed by atoms with Crippen molar-refractivity contribution in [2.24, 2.45) is 5.18 Å². The van der Waals surface area contributed by atoms with Gasteiger partial charge in [-0.15, -0.1) is 4.91 Å². The zero-order valence-corrected chi connectivity index (χ0v) is 6.35. The van der Waals surface area contributed by atoms with Crippen LogP contribution < -0.4 is 0 Å². The summed E-state index contributed by atoms with van der Waals surface area (Å²) < 4.78 is 0. The number of aryl methyl sites for hydroxylation is 1. The third kappa shape index (κ3) is 1.45. The second kappa shape index (κ2) is 3.08. The first-order valence-corrected chi connectivity index (χ1v) is 3.23. The van der Waals surface area contributed by atoms with Gasteiger partial charge >= 0.3 is 0 Å². The minimum Gasteiger partial charge on any atom is -0.258 e. The van der Waals surface area contributed by atoms with Crippen LogP contribution in [0.3, 0.4) is 0 Å². The van der Waals surface area contributed by atoms with Gasteiger partial charge in [0, 0.05) is 6.07 Å². The highest BCUT2D eigenvalue weighted by molar-refractivity contribution is 5.58. The van der Waals surface area contributed by atoms with Gasteiger partial charge in [0.1, 0.15) is 0 Å². The van der Waals surface area contributed by atoms with Crippen LogP contribution in [0.2, 0.25) is 0 Å². The minimum absolute atomic E-state index is 0.125. The molecule has 0 fully saturated rings. The van der Waals surface area contributed by atoms with Gasteiger partial charge in [0.25, 0.3) is 5.69 Å². The fourth-order valence-electron chi connectivity index (χ4n) is 0.861. The highest BCUT2D eigenvalue weighted by Gasteiger charge is 2.13. The van der Waals surface area contributed by atoms with Gasteiger partial charge in [0.2, 0.25) is 0 Å². The van der Waals surface area contributed by atoms with Crippen LogP contribution >= 0.6 is 0 Å². The van der Waals surface area contributed by atoms with Crippen LogP contribution in [0.1, 0.15) is 5.56 Å². The summed E-state index contributed by atoms with van der Waals surface area (Å²) in [6, 6.07) is 4.21. The Labute approximate surface area is 68.1 Å². The molecule has 0 N–H and O–H groups in total. The molecular weight excluding hydrogens is 160 g/mol. The number of hydrogen-bond acceptors (Lipinski definition) is 4. The first kappa shape index (κ1) is 8.32. The highest BCUT2D eigenvalue weighted by Crippen LogP contribution is 2.27. The summed E-state index contributed by atoms with van der Waals surface area (Å²) in [5.74, 6) is 0. The molecule has 0 aliphatic heterocycles. The number of nitrogens with zero attached hydrogens (tertiary/aromatic N) is 2. The van der Waals surface area contributed by atoms with Gasteiger partial charge in [-0.2, -0.15) is 0 Å². The summed E-state index contributed by atoms with van der Waals surface area (Å²) in [5, 5.41) is 12.9. The molecule has 12 heavy (non-hydrogen) atoms. The summed E-state index contributed by atoms with van der Waals surface area (Å²) in [7, 11) is 0. The third-order valence-corrected chi connectivity index (χ3v) is 1.43. The molecule has 1 aromatic rings. The van der Waals surface area contributed by atoms with Crippen molar-refractivity contribution in [1.29, 1.82) is 0 Å². The van der Waals surface area contributed by atoms with E-state index in [0.717, 1.165) is 5.56 Å². The van der Waals surface area contributed by atoms with Crippen molar-refractivity contribution < 1.29 is 4.92 Å². The van der Waals surface area contributed by atoms with E-state index >= 15 is 0 Å². The normalized spacial score (nSPS) is 9.42. The van der Waals surface area contributed by atoms with E-state index < -0.39 is 4.92 Å². The molecule has 0 saturated heterocycles. The lowest BCUT2D eigenvalue weighted by molar-refractivity contribution is -0.384. The molecule has 0 aliphatic carbocycles. The smallest absolute Gasteiger partial charge is 0.258 e. The van der Waals surface area contributed by atoms with Crippen LogP contribution in [-0.2, 0) is 0 Å². The highest BCUT2D eigenvalue weighted by atomic mass is 16.6. The average Bonchev–Trinajstić information content (AvgIpc) is 2.03. The van der Waals surface area contributed by atoms with E-state index in [-0.39, 0.29) is 11.4 Å². The molecule has 1 aromatic carbocycles. The molecule has 0 spiro atoms. The van der Waals surface area contributed by atoms with Crippen LogP contribution in [-0.4, -0.2) is 4.92 Å². The predicted molar refractivity (Wildman–Crippen MR) is 43.3 cm³/mol. The molecular formula is C7H6N2O3. The minimum atomic E-state index is -0.629. The number of nitroso groups, excluding NO2 is 1. The maximum Gasteiger partial charge on any atom is 0.298 e. The largest absolute Gasteiger partial charge is 0.298 e. The summed E-state index contributed by atoms with van der Waals surface area (Å²) in [5.41, 5.74) is 0.394. The van der Waals surface area contributed by atoms with Gasteiger partial charge < -0.3 is 0 Å². The Balaban J connectivity index is 3.29. The van der Waals surface area contributed by atoms with Gasteiger partial charge in [0.05, 0.1) is 4.92 Å². The fraction of sp³-hybridized carbons (Fsp3) is 0.143. The number of rotatable bonds is 2. The van der Waals surface area contributed by atoms with E-state index in [4.69, 9.17) is 0 Å². The maximum absolute atomic E-state index is 10.3. The Kier molecular flexibility index (Phi) is 2.14. The summed E-state index contributed by atoms with van der Waals surface area (Å²) >= 11 is 0. The van der Waals surface area contributed by atoms with Crippen molar-refractivity contribution in [1.82, 2.24) is 0 Å². The Morgan fingerprint density at radius 1 is 1.50 bits per heavy atom. The molecule has 0 radical (unpaired) electrons. The van der Waals surface area contributed by atoms with E-state index in [1.165, 1.54) is 12.1 Å². The van der Waals surface area contributed by atoms with E-state index in [1.54, 1.807) is 13.0 Å². The maximum atomic E-state index is 10.3. The summed E-state index contributed by atoms with van der Waals surface area (Å²) in [6.07, 6.45) is 0. The van der Waals surface area contributed by atoms with Gasteiger partial charge in [-0.05, 0) is 23.7 Å². The Hall–Kier alpha value is -1.78. The van der Waals surface area contributed by atoms with E-state index in [2.05, 4.69) is 5.18 Å². The van der Waals surface area contributed by atoms with Crippen molar-refractivity contribution in [2.75, 3.05) is 0 Å². The van der Waals surface area contributed by atoms with Crippen LogP contribution in [0.15, 0.2) is 23.4 Å². The molecule has 0 unspecified atom stereocenters.